The first kappa shape index (κ1) is 23.2. The van der Waals surface area contributed by atoms with Gasteiger partial charge in [-0.1, -0.05) is 47.1 Å². The van der Waals surface area contributed by atoms with Crippen molar-refractivity contribution in [2.45, 2.75) is 91.8 Å². The van der Waals surface area contributed by atoms with E-state index in [0.717, 1.165) is 45.5 Å². The second-order valence-electron chi connectivity index (χ2n) is 8.00. The van der Waals surface area contributed by atoms with E-state index in [4.69, 9.17) is 9.47 Å². The van der Waals surface area contributed by atoms with Crippen LogP contribution < -0.4 is 0 Å². The molecular formula is C22H41NO3. The van der Waals surface area contributed by atoms with Gasteiger partial charge in [-0.25, -0.2) is 4.79 Å². The molecule has 0 amide bonds. The van der Waals surface area contributed by atoms with Crippen LogP contribution in [-0.4, -0.2) is 42.9 Å². The molecule has 4 atom stereocenters. The molecule has 4 heteroatoms. The average molecular weight is 368 g/mol. The zero-order valence-electron chi connectivity index (χ0n) is 17.8. The lowest BCUT2D eigenvalue weighted by Gasteiger charge is -2.38. The van der Waals surface area contributed by atoms with Crippen molar-refractivity contribution in [3.8, 4) is 0 Å². The maximum atomic E-state index is 12.0. The van der Waals surface area contributed by atoms with Crippen LogP contribution in [0.4, 0.5) is 0 Å². The van der Waals surface area contributed by atoms with Gasteiger partial charge in [-0.3, -0.25) is 4.90 Å². The molecule has 0 aliphatic carbocycles. The molecule has 4 unspecified atom stereocenters. The SMILES string of the molecule is C=C(C)C(=O)OC(CCCN1COC(CCC)C(CC)C1)C(C)CCC. The van der Waals surface area contributed by atoms with Crippen LogP contribution in [0.5, 0.6) is 0 Å². The van der Waals surface area contributed by atoms with Gasteiger partial charge in [-0.15, -0.1) is 0 Å². The predicted molar refractivity (Wildman–Crippen MR) is 108 cm³/mol. The second-order valence-corrected chi connectivity index (χ2v) is 8.00. The van der Waals surface area contributed by atoms with Crippen molar-refractivity contribution < 1.29 is 14.3 Å². The fourth-order valence-corrected chi connectivity index (χ4v) is 3.85. The van der Waals surface area contributed by atoms with Crippen LogP contribution >= 0.6 is 0 Å². The number of rotatable bonds is 12. The van der Waals surface area contributed by atoms with Crippen LogP contribution in [0.25, 0.3) is 0 Å². The molecule has 0 bridgehead atoms. The van der Waals surface area contributed by atoms with Crippen molar-refractivity contribution in [3.63, 3.8) is 0 Å². The fraction of sp³-hybridized carbons (Fsp3) is 0.864. The molecule has 26 heavy (non-hydrogen) atoms. The van der Waals surface area contributed by atoms with Gasteiger partial charge < -0.3 is 9.47 Å². The fourth-order valence-electron chi connectivity index (χ4n) is 3.85. The number of carbonyl (C=O) groups is 1. The lowest BCUT2D eigenvalue weighted by molar-refractivity contribution is -0.147. The number of ether oxygens (including phenoxy) is 2. The van der Waals surface area contributed by atoms with E-state index in [0.29, 0.717) is 23.5 Å². The van der Waals surface area contributed by atoms with Crippen LogP contribution in [0, 0.1) is 11.8 Å². The summed E-state index contributed by atoms with van der Waals surface area (Å²) in [6, 6.07) is 0. The van der Waals surface area contributed by atoms with Crippen LogP contribution in [0.3, 0.4) is 0 Å². The molecule has 1 aliphatic heterocycles. The van der Waals surface area contributed by atoms with Gasteiger partial charge in [0.2, 0.25) is 0 Å². The molecule has 1 fully saturated rings. The Morgan fingerprint density at radius 2 is 2.00 bits per heavy atom. The standard InChI is InChI=1S/C22H41NO3/c1-7-11-18(6)20(26-22(24)17(4)5)13-10-14-23-15-19(9-3)21(12-8-2)25-16-23/h18-21H,4,7-16H2,1-3,5-6H3. The van der Waals surface area contributed by atoms with E-state index < -0.39 is 0 Å². The zero-order chi connectivity index (χ0) is 19.5. The third kappa shape index (κ3) is 7.79. The molecule has 1 rings (SSSR count). The second kappa shape index (κ2) is 12.5. The third-order valence-electron chi connectivity index (χ3n) is 5.54. The van der Waals surface area contributed by atoms with Crippen molar-refractivity contribution in [2.75, 3.05) is 19.8 Å². The summed E-state index contributed by atoms with van der Waals surface area (Å²) < 4.78 is 11.8. The monoisotopic (exact) mass is 367 g/mol. The number of nitrogens with zero attached hydrogens (tertiary/aromatic N) is 1. The number of esters is 1. The minimum Gasteiger partial charge on any atom is -0.459 e. The van der Waals surface area contributed by atoms with Crippen LogP contribution in [-0.2, 0) is 14.3 Å². The van der Waals surface area contributed by atoms with Gasteiger partial charge >= 0.3 is 5.97 Å². The minimum absolute atomic E-state index is 0.0142. The molecule has 1 heterocycles. The van der Waals surface area contributed by atoms with Gasteiger partial charge in [0, 0.05) is 18.7 Å². The Morgan fingerprint density at radius 1 is 1.27 bits per heavy atom. The van der Waals surface area contributed by atoms with Gasteiger partial charge in [-0.2, -0.15) is 0 Å². The third-order valence-corrected chi connectivity index (χ3v) is 5.54. The highest BCUT2D eigenvalue weighted by molar-refractivity contribution is 5.87. The molecule has 0 radical (unpaired) electrons. The number of carbonyl (C=O) groups excluding carboxylic acids is 1. The maximum absolute atomic E-state index is 12.0. The highest BCUT2D eigenvalue weighted by Gasteiger charge is 2.28. The van der Waals surface area contributed by atoms with Crippen LogP contribution in [0.2, 0.25) is 0 Å². The molecule has 0 aromatic rings. The Labute approximate surface area is 161 Å². The molecular weight excluding hydrogens is 326 g/mol. The summed E-state index contributed by atoms with van der Waals surface area (Å²) in [6.07, 6.45) is 8.07. The lowest BCUT2D eigenvalue weighted by atomic mass is 9.93. The summed E-state index contributed by atoms with van der Waals surface area (Å²) in [5.74, 6) is 0.769. The zero-order valence-corrected chi connectivity index (χ0v) is 17.8. The van der Waals surface area contributed by atoms with Gasteiger partial charge in [0.25, 0.3) is 0 Å². The highest BCUT2D eigenvalue weighted by Crippen LogP contribution is 2.25. The first-order chi connectivity index (χ1) is 12.4. The Balaban J connectivity index is 2.48. The van der Waals surface area contributed by atoms with E-state index in [1.54, 1.807) is 6.92 Å². The van der Waals surface area contributed by atoms with Crippen molar-refractivity contribution >= 4 is 5.97 Å². The van der Waals surface area contributed by atoms with Crippen molar-refractivity contribution in [1.29, 1.82) is 0 Å². The summed E-state index contributed by atoms with van der Waals surface area (Å²) in [6.45, 7) is 17.2. The maximum Gasteiger partial charge on any atom is 0.333 e. The Kier molecular flexibility index (Phi) is 11.1. The molecule has 0 aromatic heterocycles. The Morgan fingerprint density at radius 3 is 2.58 bits per heavy atom. The van der Waals surface area contributed by atoms with E-state index in [1.165, 1.54) is 19.3 Å². The van der Waals surface area contributed by atoms with Crippen molar-refractivity contribution in [3.05, 3.63) is 12.2 Å². The normalized spacial score (nSPS) is 23.4. The lowest BCUT2D eigenvalue weighted by Crippen LogP contribution is -2.45. The van der Waals surface area contributed by atoms with Crippen LogP contribution in [0.1, 0.15) is 79.6 Å². The van der Waals surface area contributed by atoms with Gasteiger partial charge in [-0.05, 0) is 50.9 Å². The largest absolute Gasteiger partial charge is 0.459 e. The number of hydrogen-bond acceptors (Lipinski definition) is 4. The molecule has 0 N–H and O–H groups in total. The first-order valence-electron chi connectivity index (χ1n) is 10.6. The summed E-state index contributed by atoms with van der Waals surface area (Å²) in [4.78, 5) is 14.4. The molecule has 0 aromatic carbocycles. The van der Waals surface area contributed by atoms with Gasteiger partial charge in [0.15, 0.2) is 0 Å². The van der Waals surface area contributed by atoms with Crippen LogP contribution in [0.15, 0.2) is 12.2 Å². The van der Waals surface area contributed by atoms with E-state index in [2.05, 4.69) is 39.2 Å². The summed E-state index contributed by atoms with van der Waals surface area (Å²) >= 11 is 0. The summed E-state index contributed by atoms with van der Waals surface area (Å²) in [7, 11) is 0. The average Bonchev–Trinajstić information content (AvgIpc) is 2.62. The minimum atomic E-state index is -0.257. The summed E-state index contributed by atoms with van der Waals surface area (Å²) in [5.41, 5.74) is 0.482. The molecule has 1 aliphatic rings. The smallest absolute Gasteiger partial charge is 0.333 e. The molecule has 0 spiro atoms. The molecule has 0 saturated carbocycles. The quantitative estimate of drug-likeness (QED) is 0.352. The first-order valence-corrected chi connectivity index (χ1v) is 10.6. The van der Waals surface area contributed by atoms with E-state index >= 15 is 0 Å². The Bertz CT molecular complexity index is 424. The van der Waals surface area contributed by atoms with E-state index in [1.807, 2.05) is 0 Å². The van der Waals surface area contributed by atoms with Crippen molar-refractivity contribution in [1.82, 2.24) is 4.90 Å². The van der Waals surface area contributed by atoms with Crippen molar-refractivity contribution in [2.24, 2.45) is 11.8 Å². The van der Waals surface area contributed by atoms with Gasteiger partial charge in [0.1, 0.15) is 6.10 Å². The highest BCUT2D eigenvalue weighted by atomic mass is 16.5. The number of hydrogen-bond donors (Lipinski definition) is 0. The summed E-state index contributed by atoms with van der Waals surface area (Å²) in [5, 5.41) is 0. The predicted octanol–water partition coefficient (Wildman–Crippen LogP) is 5.18. The van der Waals surface area contributed by atoms with E-state index in [-0.39, 0.29) is 12.1 Å². The topological polar surface area (TPSA) is 38.8 Å². The van der Waals surface area contributed by atoms with E-state index in [9.17, 15) is 4.79 Å². The van der Waals surface area contributed by atoms with Gasteiger partial charge in [0.05, 0.1) is 12.8 Å². The molecule has 152 valence electrons. The Hall–Kier alpha value is -0.870. The molecule has 1 saturated heterocycles. The molecule has 4 nitrogen and oxygen atoms in total.